The van der Waals surface area contributed by atoms with Crippen molar-refractivity contribution in [2.24, 2.45) is 0 Å². The van der Waals surface area contributed by atoms with E-state index in [1.54, 1.807) is 6.07 Å². The zero-order valence-corrected chi connectivity index (χ0v) is 9.00. The van der Waals surface area contributed by atoms with E-state index in [2.05, 4.69) is 20.9 Å². The Kier molecular flexibility index (Phi) is 1.98. The second-order valence-corrected chi connectivity index (χ2v) is 4.61. The van der Waals surface area contributed by atoms with Crippen molar-refractivity contribution in [1.29, 1.82) is 0 Å². The van der Waals surface area contributed by atoms with Gasteiger partial charge in [0.1, 0.15) is 0 Å². The summed E-state index contributed by atoms with van der Waals surface area (Å²) in [5, 5.41) is 1.23. The molecule has 2 N–H and O–H groups in total. The van der Waals surface area contributed by atoms with Crippen LogP contribution in [0.2, 0.25) is 5.02 Å². The van der Waals surface area contributed by atoms with Gasteiger partial charge in [-0.05, 0) is 28.1 Å². The summed E-state index contributed by atoms with van der Waals surface area (Å²) < 4.78 is 1.92. The fourth-order valence-electron chi connectivity index (χ4n) is 0.941. The monoisotopic (exact) mass is 262 g/mol. The van der Waals surface area contributed by atoms with Gasteiger partial charge in [0.2, 0.25) is 0 Å². The minimum atomic E-state index is 0.569. The number of nitrogens with two attached hydrogens (primary N) is 1. The lowest BCUT2D eigenvalue weighted by atomic mass is 10.3. The molecule has 2 nitrogen and oxygen atoms in total. The third kappa shape index (κ3) is 1.30. The first-order valence-corrected chi connectivity index (χ1v) is 5.16. The van der Waals surface area contributed by atoms with E-state index in [-0.39, 0.29) is 0 Å². The molecule has 0 saturated heterocycles. The molecule has 1 heterocycles. The van der Waals surface area contributed by atoms with E-state index < -0.39 is 0 Å². The lowest BCUT2D eigenvalue weighted by Gasteiger charge is -1.93. The number of rotatable bonds is 0. The number of halogens is 2. The molecule has 62 valence electrons. The molecule has 2 rings (SSSR count). The summed E-state index contributed by atoms with van der Waals surface area (Å²) >= 11 is 10.7. The van der Waals surface area contributed by atoms with Crippen LogP contribution in [-0.4, -0.2) is 4.98 Å². The standard InChI is InChI=1S/C7H4BrClN2S/c8-3-1-6-5(2-4(3)9)11-7(10)12-6/h1-2H,(H2,10,11). The highest BCUT2D eigenvalue weighted by molar-refractivity contribution is 9.10. The van der Waals surface area contributed by atoms with Crippen LogP contribution < -0.4 is 5.73 Å². The molecular weight excluding hydrogens is 260 g/mol. The molecule has 0 fully saturated rings. The van der Waals surface area contributed by atoms with Crippen molar-refractivity contribution < 1.29 is 0 Å². The zero-order chi connectivity index (χ0) is 8.72. The van der Waals surface area contributed by atoms with Gasteiger partial charge in [0, 0.05) is 4.47 Å². The molecule has 0 atom stereocenters. The molecule has 0 unspecified atom stereocenters. The quantitative estimate of drug-likeness (QED) is 0.792. The second-order valence-electron chi connectivity index (χ2n) is 2.29. The van der Waals surface area contributed by atoms with Gasteiger partial charge in [-0.2, -0.15) is 0 Å². The Hall–Kier alpha value is -0.320. The van der Waals surface area contributed by atoms with Crippen LogP contribution in [-0.2, 0) is 0 Å². The van der Waals surface area contributed by atoms with Crippen molar-refractivity contribution in [3.63, 3.8) is 0 Å². The smallest absolute Gasteiger partial charge is 0.181 e. The summed E-state index contributed by atoms with van der Waals surface area (Å²) in [5.41, 5.74) is 6.39. The number of nitrogen functional groups attached to an aromatic ring is 1. The second kappa shape index (κ2) is 2.87. The molecular formula is C7H4BrClN2S. The maximum Gasteiger partial charge on any atom is 0.181 e. The van der Waals surface area contributed by atoms with Gasteiger partial charge in [0.25, 0.3) is 0 Å². The van der Waals surface area contributed by atoms with Crippen LogP contribution in [0.25, 0.3) is 10.2 Å². The molecule has 0 radical (unpaired) electrons. The molecule has 1 aromatic heterocycles. The summed E-state index contributed by atoms with van der Waals surface area (Å²) in [6, 6.07) is 3.72. The number of fused-ring (bicyclic) bond motifs is 1. The molecule has 0 spiro atoms. The molecule has 12 heavy (non-hydrogen) atoms. The first kappa shape index (κ1) is 8.29. The molecule has 1 aromatic carbocycles. The highest BCUT2D eigenvalue weighted by Crippen LogP contribution is 2.31. The van der Waals surface area contributed by atoms with Crippen LogP contribution in [0.1, 0.15) is 0 Å². The summed E-state index contributed by atoms with van der Waals surface area (Å²) in [5.74, 6) is 0. The van der Waals surface area contributed by atoms with E-state index in [9.17, 15) is 0 Å². The Bertz CT molecular complexity index is 401. The van der Waals surface area contributed by atoms with Crippen molar-refractivity contribution in [2.45, 2.75) is 0 Å². The molecule has 0 saturated carbocycles. The maximum atomic E-state index is 5.87. The highest BCUT2D eigenvalue weighted by atomic mass is 79.9. The molecule has 0 amide bonds. The van der Waals surface area contributed by atoms with Gasteiger partial charge in [-0.15, -0.1) is 0 Å². The average Bonchev–Trinajstić information content (AvgIpc) is 2.30. The van der Waals surface area contributed by atoms with Crippen LogP contribution in [0.5, 0.6) is 0 Å². The predicted molar refractivity (Wildman–Crippen MR) is 56.7 cm³/mol. The number of thiazole rings is 1. The Labute approximate surface area is 86.5 Å². The molecule has 0 bridgehead atoms. The number of anilines is 1. The van der Waals surface area contributed by atoms with E-state index in [1.807, 2.05) is 6.07 Å². The Morgan fingerprint density at radius 1 is 1.50 bits per heavy atom. The van der Waals surface area contributed by atoms with E-state index in [0.29, 0.717) is 10.2 Å². The van der Waals surface area contributed by atoms with E-state index in [0.717, 1.165) is 14.7 Å². The van der Waals surface area contributed by atoms with Crippen molar-refractivity contribution in [3.05, 3.63) is 21.6 Å². The van der Waals surface area contributed by atoms with Crippen LogP contribution in [0, 0.1) is 0 Å². The van der Waals surface area contributed by atoms with Crippen LogP contribution in [0.4, 0.5) is 5.13 Å². The third-order valence-corrected chi connectivity index (χ3v) is 3.49. The number of nitrogens with zero attached hydrogens (tertiary/aromatic N) is 1. The van der Waals surface area contributed by atoms with Crippen molar-refractivity contribution in [3.8, 4) is 0 Å². The van der Waals surface area contributed by atoms with Gasteiger partial charge in [-0.25, -0.2) is 4.98 Å². The Balaban J connectivity index is 2.83. The SMILES string of the molecule is Nc1nc2cc(Cl)c(Br)cc2s1. The highest BCUT2D eigenvalue weighted by Gasteiger charge is 2.04. The average molecular weight is 264 g/mol. The minimum absolute atomic E-state index is 0.569. The third-order valence-electron chi connectivity index (χ3n) is 1.45. The molecule has 0 aliphatic heterocycles. The fraction of sp³-hybridized carbons (Fsp3) is 0. The van der Waals surface area contributed by atoms with E-state index in [4.69, 9.17) is 17.3 Å². The van der Waals surface area contributed by atoms with Crippen LogP contribution in [0.15, 0.2) is 16.6 Å². The zero-order valence-electron chi connectivity index (χ0n) is 5.84. The molecule has 0 aliphatic carbocycles. The Morgan fingerprint density at radius 3 is 3.00 bits per heavy atom. The summed E-state index contributed by atoms with van der Waals surface area (Å²) in [4.78, 5) is 4.11. The van der Waals surface area contributed by atoms with Gasteiger partial charge in [0.05, 0.1) is 15.2 Å². The van der Waals surface area contributed by atoms with Gasteiger partial charge in [0.15, 0.2) is 5.13 Å². The molecule has 2 aromatic rings. The van der Waals surface area contributed by atoms with Gasteiger partial charge >= 0.3 is 0 Å². The van der Waals surface area contributed by atoms with E-state index in [1.165, 1.54) is 11.3 Å². The number of hydrogen-bond acceptors (Lipinski definition) is 3. The van der Waals surface area contributed by atoms with Crippen LogP contribution >= 0.6 is 38.9 Å². The largest absolute Gasteiger partial charge is 0.375 e. The molecule has 0 aliphatic rings. The normalized spacial score (nSPS) is 10.8. The van der Waals surface area contributed by atoms with Gasteiger partial charge in [-0.3, -0.25) is 0 Å². The van der Waals surface area contributed by atoms with Crippen molar-refractivity contribution in [1.82, 2.24) is 4.98 Å². The van der Waals surface area contributed by atoms with Crippen molar-refractivity contribution in [2.75, 3.05) is 5.73 Å². The maximum absolute atomic E-state index is 5.87. The minimum Gasteiger partial charge on any atom is -0.375 e. The van der Waals surface area contributed by atoms with Crippen molar-refractivity contribution >= 4 is 54.2 Å². The lowest BCUT2D eigenvalue weighted by molar-refractivity contribution is 1.49. The topological polar surface area (TPSA) is 38.9 Å². The summed E-state index contributed by atoms with van der Waals surface area (Å²) in [7, 11) is 0. The lowest BCUT2D eigenvalue weighted by Crippen LogP contribution is -1.79. The predicted octanol–water partition coefficient (Wildman–Crippen LogP) is 3.29. The van der Waals surface area contributed by atoms with Crippen LogP contribution in [0.3, 0.4) is 0 Å². The number of benzene rings is 1. The summed E-state index contributed by atoms with van der Waals surface area (Å²) in [6.07, 6.45) is 0. The number of hydrogen-bond donors (Lipinski definition) is 1. The number of aromatic nitrogens is 1. The molecule has 5 heteroatoms. The first-order valence-electron chi connectivity index (χ1n) is 3.18. The summed E-state index contributed by atoms with van der Waals surface area (Å²) in [6.45, 7) is 0. The Morgan fingerprint density at radius 2 is 2.25 bits per heavy atom. The van der Waals surface area contributed by atoms with E-state index >= 15 is 0 Å². The van der Waals surface area contributed by atoms with Gasteiger partial charge < -0.3 is 5.73 Å². The fourth-order valence-corrected chi connectivity index (χ4v) is 2.35. The first-order chi connectivity index (χ1) is 5.66. The van der Waals surface area contributed by atoms with Gasteiger partial charge in [-0.1, -0.05) is 22.9 Å².